The van der Waals surface area contributed by atoms with Gasteiger partial charge in [-0.05, 0) is 42.0 Å². The van der Waals surface area contributed by atoms with E-state index in [-0.39, 0.29) is 22.2 Å². The monoisotopic (exact) mass is 416 g/mol. The van der Waals surface area contributed by atoms with Crippen molar-refractivity contribution in [2.75, 3.05) is 10.6 Å². The topological polar surface area (TPSA) is 58.2 Å². The third-order valence-corrected chi connectivity index (χ3v) is 3.91. The van der Waals surface area contributed by atoms with E-state index in [9.17, 15) is 22.8 Å². The van der Waals surface area contributed by atoms with Crippen LogP contribution < -0.4 is 10.6 Å². The van der Waals surface area contributed by atoms with Crippen LogP contribution >= 0.6 is 23.2 Å². The van der Waals surface area contributed by atoms with E-state index >= 15 is 0 Å². The first-order valence-corrected chi connectivity index (χ1v) is 8.25. The summed E-state index contributed by atoms with van der Waals surface area (Å²) in [6.07, 6.45) is -2.30. The highest BCUT2D eigenvalue weighted by Crippen LogP contribution is 2.35. The average molecular weight is 417 g/mol. The summed E-state index contributed by atoms with van der Waals surface area (Å²) in [5.74, 6) is -0.861. The zero-order valence-electron chi connectivity index (χ0n) is 13.8. The second-order valence-electron chi connectivity index (χ2n) is 5.44. The largest absolute Gasteiger partial charge is 0.417 e. The first-order valence-electron chi connectivity index (χ1n) is 7.49. The maximum atomic E-state index is 12.8. The highest BCUT2D eigenvalue weighted by atomic mass is 35.5. The first kappa shape index (κ1) is 20.8. The van der Waals surface area contributed by atoms with Crippen LogP contribution in [0.1, 0.15) is 18.1 Å². The molecule has 27 heavy (non-hydrogen) atoms. The number of anilines is 2. The van der Waals surface area contributed by atoms with Crippen LogP contribution in [0.25, 0.3) is 6.08 Å². The van der Waals surface area contributed by atoms with Crippen LogP contribution in [0.4, 0.5) is 24.5 Å². The molecule has 2 N–H and O–H groups in total. The molecule has 0 radical (unpaired) electrons. The van der Waals surface area contributed by atoms with Crippen molar-refractivity contribution in [2.24, 2.45) is 0 Å². The number of carbonyl (C=O) groups is 2. The van der Waals surface area contributed by atoms with Gasteiger partial charge in [0.15, 0.2) is 0 Å². The number of hydrogen-bond donors (Lipinski definition) is 2. The van der Waals surface area contributed by atoms with Crippen molar-refractivity contribution in [3.63, 3.8) is 0 Å². The molecule has 2 aromatic rings. The third-order valence-electron chi connectivity index (χ3n) is 3.27. The average Bonchev–Trinajstić information content (AvgIpc) is 2.55. The minimum Gasteiger partial charge on any atom is -0.326 e. The predicted octanol–water partition coefficient (Wildman–Crippen LogP) is 5.62. The first-order chi connectivity index (χ1) is 12.6. The van der Waals surface area contributed by atoms with Gasteiger partial charge in [-0.3, -0.25) is 9.59 Å². The minimum atomic E-state index is -4.59. The van der Waals surface area contributed by atoms with Crippen molar-refractivity contribution in [3.8, 4) is 0 Å². The van der Waals surface area contributed by atoms with Gasteiger partial charge < -0.3 is 10.6 Å². The summed E-state index contributed by atoms with van der Waals surface area (Å²) < 4.78 is 38.5. The van der Waals surface area contributed by atoms with Crippen molar-refractivity contribution < 1.29 is 22.8 Å². The molecule has 0 aliphatic carbocycles. The predicted molar refractivity (Wildman–Crippen MR) is 99.9 cm³/mol. The molecule has 0 heterocycles. The number of halogens is 5. The standard InChI is InChI=1S/C18H13Cl2F3N2O2/c1-10(26)24-12-4-6-16(15(20)9-12)25-17(27)7-3-11-2-5-14(19)13(8-11)18(21,22)23/h2-9H,1H3,(H,24,26)(H,25,27)/b7-3+. The van der Waals surface area contributed by atoms with E-state index in [2.05, 4.69) is 10.6 Å². The quantitative estimate of drug-likeness (QED) is 0.635. The number of carbonyl (C=O) groups excluding carboxylic acids is 2. The molecule has 0 aromatic heterocycles. The van der Waals surface area contributed by atoms with Gasteiger partial charge >= 0.3 is 6.18 Å². The number of nitrogens with one attached hydrogen (secondary N) is 2. The molecule has 142 valence electrons. The second kappa shape index (κ2) is 8.45. The zero-order valence-corrected chi connectivity index (χ0v) is 15.3. The van der Waals surface area contributed by atoms with Crippen LogP contribution in [0.5, 0.6) is 0 Å². The van der Waals surface area contributed by atoms with Gasteiger partial charge in [0.1, 0.15) is 0 Å². The fraction of sp³-hybridized carbons (Fsp3) is 0.111. The lowest BCUT2D eigenvalue weighted by Gasteiger charge is -2.09. The smallest absolute Gasteiger partial charge is 0.326 e. The van der Waals surface area contributed by atoms with Gasteiger partial charge in [-0.1, -0.05) is 29.3 Å². The number of alkyl halides is 3. The summed E-state index contributed by atoms with van der Waals surface area (Å²) in [6, 6.07) is 7.80. The van der Waals surface area contributed by atoms with Crippen LogP contribution in [0.2, 0.25) is 10.0 Å². The molecule has 0 unspecified atom stereocenters. The molecule has 0 aliphatic heterocycles. The summed E-state index contributed by atoms with van der Waals surface area (Å²) in [6.45, 7) is 1.34. The Hall–Kier alpha value is -2.51. The van der Waals surface area contributed by atoms with E-state index in [1.54, 1.807) is 6.07 Å². The molecule has 2 rings (SSSR count). The lowest BCUT2D eigenvalue weighted by molar-refractivity contribution is -0.137. The molecular formula is C18H13Cl2F3N2O2. The van der Waals surface area contributed by atoms with E-state index in [0.717, 1.165) is 18.2 Å². The van der Waals surface area contributed by atoms with E-state index in [1.807, 2.05) is 0 Å². The molecular weight excluding hydrogens is 404 g/mol. The van der Waals surface area contributed by atoms with E-state index < -0.39 is 22.7 Å². The maximum Gasteiger partial charge on any atom is 0.417 e. The van der Waals surface area contributed by atoms with Crippen molar-refractivity contribution in [1.82, 2.24) is 0 Å². The molecule has 0 atom stereocenters. The van der Waals surface area contributed by atoms with Crippen LogP contribution in [-0.2, 0) is 15.8 Å². The molecule has 2 amide bonds. The summed E-state index contributed by atoms with van der Waals surface area (Å²) in [4.78, 5) is 23.0. The van der Waals surface area contributed by atoms with Crippen molar-refractivity contribution in [2.45, 2.75) is 13.1 Å². The third kappa shape index (κ3) is 6.01. The van der Waals surface area contributed by atoms with E-state index in [0.29, 0.717) is 5.69 Å². The van der Waals surface area contributed by atoms with E-state index in [1.165, 1.54) is 31.2 Å². The van der Waals surface area contributed by atoms with Crippen molar-refractivity contribution in [1.29, 1.82) is 0 Å². The Labute approximate surface area is 163 Å². The molecule has 0 saturated carbocycles. The molecule has 0 aliphatic rings. The fourth-order valence-electron chi connectivity index (χ4n) is 2.11. The number of rotatable bonds is 4. The highest BCUT2D eigenvalue weighted by molar-refractivity contribution is 6.34. The summed E-state index contributed by atoms with van der Waals surface area (Å²) in [5, 5.41) is 4.81. The Balaban J connectivity index is 2.11. The van der Waals surface area contributed by atoms with Gasteiger partial charge in [0.05, 0.1) is 21.3 Å². The maximum absolute atomic E-state index is 12.8. The molecule has 0 bridgehead atoms. The summed E-state index contributed by atoms with van der Waals surface area (Å²) >= 11 is 11.6. The number of hydrogen-bond acceptors (Lipinski definition) is 2. The Kier molecular flexibility index (Phi) is 6.51. The Morgan fingerprint density at radius 3 is 2.30 bits per heavy atom. The molecule has 0 spiro atoms. The van der Waals surface area contributed by atoms with Crippen LogP contribution in [0, 0.1) is 0 Å². The van der Waals surface area contributed by atoms with E-state index in [4.69, 9.17) is 23.2 Å². The fourth-order valence-corrected chi connectivity index (χ4v) is 2.56. The van der Waals surface area contributed by atoms with Gasteiger partial charge in [-0.2, -0.15) is 13.2 Å². The Bertz CT molecular complexity index is 912. The lowest BCUT2D eigenvalue weighted by atomic mass is 10.1. The Morgan fingerprint density at radius 2 is 1.70 bits per heavy atom. The molecule has 2 aromatic carbocycles. The SMILES string of the molecule is CC(=O)Nc1ccc(NC(=O)/C=C/c2ccc(Cl)c(C(F)(F)F)c2)c(Cl)c1. The van der Waals surface area contributed by atoms with Gasteiger partial charge in [0.25, 0.3) is 0 Å². The van der Waals surface area contributed by atoms with Gasteiger partial charge in [-0.25, -0.2) is 0 Å². The molecule has 4 nitrogen and oxygen atoms in total. The van der Waals surface area contributed by atoms with Crippen molar-refractivity contribution >= 4 is 52.5 Å². The van der Waals surface area contributed by atoms with Gasteiger partial charge in [-0.15, -0.1) is 0 Å². The Morgan fingerprint density at radius 1 is 1.00 bits per heavy atom. The second-order valence-corrected chi connectivity index (χ2v) is 6.25. The minimum absolute atomic E-state index is 0.161. The van der Waals surface area contributed by atoms with Gasteiger partial charge in [0, 0.05) is 18.7 Å². The van der Waals surface area contributed by atoms with Gasteiger partial charge in [0.2, 0.25) is 11.8 Å². The highest BCUT2D eigenvalue weighted by Gasteiger charge is 2.33. The lowest BCUT2D eigenvalue weighted by Crippen LogP contribution is -2.09. The molecule has 0 fully saturated rings. The molecule has 9 heteroatoms. The van der Waals surface area contributed by atoms with Crippen LogP contribution in [0.15, 0.2) is 42.5 Å². The summed E-state index contributed by atoms with van der Waals surface area (Å²) in [5.41, 5.74) is -0.0771. The van der Waals surface area contributed by atoms with Crippen LogP contribution in [0.3, 0.4) is 0 Å². The number of benzene rings is 2. The summed E-state index contributed by atoms with van der Waals surface area (Å²) in [7, 11) is 0. The van der Waals surface area contributed by atoms with Crippen LogP contribution in [-0.4, -0.2) is 11.8 Å². The van der Waals surface area contributed by atoms with Crippen molar-refractivity contribution in [3.05, 3.63) is 63.6 Å². The molecule has 0 saturated heterocycles. The zero-order chi connectivity index (χ0) is 20.2. The normalized spacial score (nSPS) is 11.5. The number of amides is 2.